The molecule has 2 aromatic heterocycles. The van der Waals surface area contributed by atoms with E-state index < -0.39 is 5.69 Å². The third kappa shape index (κ3) is 3.67. The summed E-state index contributed by atoms with van der Waals surface area (Å²) >= 11 is 0. The van der Waals surface area contributed by atoms with Gasteiger partial charge < -0.3 is 9.47 Å². The number of rotatable bonds is 4. The fourth-order valence-electron chi connectivity index (χ4n) is 4.36. The van der Waals surface area contributed by atoms with E-state index in [9.17, 15) is 14.0 Å². The molecule has 8 heteroatoms. The number of halogens is 1. The van der Waals surface area contributed by atoms with Gasteiger partial charge in [-0.25, -0.2) is 9.18 Å². The first-order valence-electron chi connectivity index (χ1n) is 10.9. The first-order valence-corrected chi connectivity index (χ1v) is 10.9. The number of aryl methyl sites for hydroxylation is 1. The maximum atomic E-state index is 13.5. The van der Waals surface area contributed by atoms with Crippen LogP contribution < -0.4 is 16.1 Å². The summed E-state index contributed by atoms with van der Waals surface area (Å²) in [4.78, 5) is 33.1. The zero-order valence-electron chi connectivity index (χ0n) is 18.5. The lowest BCUT2D eigenvalue weighted by atomic mass is 10.1. The summed E-state index contributed by atoms with van der Waals surface area (Å²) in [6.45, 7) is 3.54. The van der Waals surface area contributed by atoms with Crippen molar-refractivity contribution >= 4 is 28.9 Å². The summed E-state index contributed by atoms with van der Waals surface area (Å²) in [5, 5.41) is 0. The summed E-state index contributed by atoms with van der Waals surface area (Å²) in [5.41, 5.74) is 1.76. The monoisotopic (exact) mass is 445 g/mol. The summed E-state index contributed by atoms with van der Waals surface area (Å²) in [5.74, 6) is 0.494. The van der Waals surface area contributed by atoms with Gasteiger partial charge in [-0.2, -0.15) is 4.98 Å². The number of imidazole rings is 1. The summed E-state index contributed by atoms with van der Waals surface area (Å²) in [6, 6.07) is 15.9. The Hall–Kier alpha value is -3.94. The highest BCUT2D eigenvalue weighted by Gasteiger charge is 2.29. The molecule has 33 heavy (non-hydrogen) atoms. The average molecular weight is 445 g/mol. The molecule has 7 nitrogen and oxygen atoms in total. The molecule has 0 radical (unpaired) electrons. The van der Waals surface area contributed by atoms with Crippen molar-refractivity contribution in [1.82, 2.24) is 18.7 Å². The molecule has 5 rings (SSSR count). The molecule has 1 atom stereocenters. The van der Waals surface area contributed by atoms with Crippen LogP contribution in [-0.2, 0) is 20.1 Å². The number of aromatic nitrogens is 4. The standard InChI is InChI=1S/C25H24FN5O2/c1-17-15-30(20-12-10-19(26)11-13-20)24-27-22-21(31(24)16-17)23(32)29(25(33)28(22)2)14-6-9-18-7-4-3-5-8-18/h3-13,17H,14-16H2,1-2H3/b9-6+. The SMILES string of the molecule is CC1CN(c2ccc(F)cc2)c2nc3c(c(=O)n(C/C=C/c4ccccc4)c(=O)n3C)n2C1. The second-order valence-electron chi connectivity index (χ2n) is 8.46. The van der Waals surface area contributed by atoms with Gasteiger partial charge in [0.1, 0.15) is 5.82 Å². The van der Waals surface area contributed by atoms with Gasteiger partial charge in [-0.05, 0) is 35.7 Å². The van der Waals surface area contributed by atoms with Gasteiger partial charge in [0.05, 0.1) is 0 Å². The smallest absolute Gasteiger partial charge is 0.312 e. The second kappa shape index (κ2) is 8.20. The van der Waals surface area contributed by atoms with Crippen molar-refractivity contribution in [1.29, 1.82) is 0 Å². The minimum absolute atomic E-state index is 0.161. The zero-order valence-corrected chi connectivity index (χ0v) is 18.5. The highest BCUT2D eigenvalue weighted by molar-refractivity contribution is 5.77. The number of hydrogen-bond acceptors (Lipinski definition) is 4. The summed E-state index contributed by atoms with van der Waals surface area (Å²) < 4.78 is 18.0. The van der Waals surface area contributed by atoms with Crippen molar-refractivity contribution in [2.24, 2.45) is 13.0 Å². The van der Waals surface area contributed by atoms with Gasteiger partial charge in [-0.3, -0.25) is 13.9 Å². The quantitative estimate of drug-likeness (QED) is 0.482. The van der Waals surface area contributed by atoms with E-state index in [0.717, 1.165) is 11.3 Å². The molecule has 3 heterocycles. The first-order chi connectivity index (χ1) is 15.9. The van der Waals surface area contributed by atoms with Gasteiger partial charge in [-0.15, -0.1) is 0 Å². The van der Waals surface area contributed by atoms with E-state index in [4.69, 9.17) is 0 Å². The molecule has 1 unspecified atom stereocenters. The number of allylic oxidation sites excluding steroid dienone is 1. The number of nitrogens with zero attached hydrogens (tertiary/aromatic N) is 5. The lowest BCUT2D eigenvalue weighted by Gasteiger charge is -2.32. The van der Waals surface area contributed by atoms with Gasteiger partial charge in [0, 0.05) is 32.4 Å². The highest BCUT2D eigenvalue weighted by atomic mass is 19.1. The van der Waals surface area contributed by atoms with E-state index >= 15 is 0 Å². The molecule has 1 aliphatic heterocycles. The molecule has 0 spiro atoms. The molecule has 0 fully saturated rings. The number of fused-ring (bicyclic) bond motifs is 3. The molecule has 4 aromatic rings. The molecule has 0 amide bonds. The fourth-order valence-corrected chi connectivity index (χ4v) is 4.36. The number of anilines is 2. The van der Waals surface area contributed by atoms with E-state index in [1.165, 1.54) is 21.3 Å². The largest absolute Gasteiger partial charge is 0.332 e. The predicted octanol–water partition coefficient (Wildman–Crippen LogP) is 3.54. The second-order valence-corrected chi connectivity index (χ2v) is 8.46. The molecule has 0 saturated heterocycles. The fraction of sp³-hybridized carbons (Fsp3) is 0.240. The van der Waals surface area contributed by atoms with Gasteiger partial charge in [0.15, 0.2) is 11.2 Å². The predicted molar refractivity (Wildman–Crippen MR) is 127 cm³/mol. The molecule has 2 aromatic carbocycles. The first kappa shape index (κ1) is 20.9. The third-order valence-electron chi connectivity index (χ3n) is 5.98. The van der Waals surface area contributed by atoms with Crippen LogP contribution in [0.4, 0.5) is 16.0 Å². The van der Waals surface area contributed by atoms with E-state index in [1.807, 2.05) is 52.0 Å². The van der Waals surface area contributed by atoms with Crippen molar-refractivity contribution in [2.45, 2.75) is 20.0 Å². The number of benzene rings is 2. The van der Waals surface area contributed by atoms with Crippen molar-refractivity contribution < 1.29 is 4.39 Å². The Balaban J connectivity index is 1.63. The Morgan fingerprint density at radius 1 is 1.06 bits per heavy atom. The third-order valence-corrected chi connectivity index (χ3v) is 5.98. The van der Waals surface area contributed by atoms with E-state index in [2.05, 4.69) is 11.9 Å². The van der Waals surface area contributed by atoms with Crippen molar-refractivity contribution in [3.8, 4) is 0 Å². The lowest BCUT2D eigenvalue weighted by molar-refractivity contribution is 0.458. The Morgan fingerprint density at radius 3 is 2.52 bits per heavy atom. The molecule has 168 valence electrons. The molecule has 0 N–H and O–H groups in total. The highest BCUT2D eigenvalue weighted by Crippen LogP contribution is 2.32. The Kier molecular flexibility index (Phi) is 5.20. The van der Waals surface area contributed by atoms with Crippen LogP contribution in [0.15, 0.2) is 70.3 Å². The van der Waals surface area contributed by atoms with Crippen molar-refractivity contribution in [3.63, 3.8) is 0 Å². The molecular formula is C25H24FN5O2. The Bertz CT molecular complexity index is 1470. The van der Waals surface area contributed by atoms with E-state index in [-0.39, 0.29) is 23.8 Å². The van der Waals surface area contributed by atoms with Crippen LogP contribution in [0.3, 0.4) is 0 Å². The summed E-state index contributed by atoms with van der Waals surface area (Å²) in [6.07, 6.45) is 3.70. The maximum absolute atomic E-state index is 13.5. The Labute approximate surface area is 189 Å². The molecule has 0 bridgehead atoms. The van der Waals surface area contributed by atoms with Crippen LogP contribution in [0.25, 0.3) is 17.2 Å². The maximum Gasteiger partial charge on any atom is 0.332 e. The van der Waals surface area contributed by atoms with Gasteiger partial charge in [0.25, 0.3) is 5.56 Å². The lowest BCUT2D eigenvalue weighted by Crippen LogP contribution is -2.40. The molecule has 0 aliphatic carbocycles. The van der Waals surface area contributed by atoms with Crippen LogP contribution >= 0.6 is 0 Å². The van der Waals surface area contributed by atoms with Crippen LogP contribution in [0.2, 0.25) is 0 Å². The molecular weight excluding hydrogens is 421 g/mol. The molecule has 0 saturated carbocycles. The van der Waals surface area contributed by atoms with Crippen LogP contribution in [0, 0.1) is 11.7 Å². The van der Waals surface area contributed by atoms with Crippen molar-refractivity contribution in [3.05, 3.63) is 92.9 Å². The van der Waals surface area contributed by atoms with Gasteiger partial charge in [0.2, 0.25) is 5.95 Å². The minimum Gasteiger partial charge on any atom is -0.312 e. The minimum atomic E-state index is -0.415. The molecule has 1 aliphatic rings. The van der Waals surface area contributed by atoms with E-state index in [1.54, 1.807) is 19.2 Å². The summed E-state index contributed by atoms with van der Waals surface area (Å²) in [7, 11) is 1.63. The van der Waals surface area contributed by atoms with E-state index in [0.29, 0.717) is 30.2 Å². The van der Waals surface area contributed by atoms with Crippen LogP contribution in [0.1, 0.15) is 12.5 Å². The normalized spacial score (nSPS) is 16.0. The average Bonchev–Trinajstić information content (AvgIpc) is 3.20. The van der Waals surface area contributed by atoms with Crippen molar-refractivity contribution in [2.75, 3.05) is 11.4 Å². The van der Waals surface area contributed by atoms with Crippen LogP contribution in [-0.4, -0.2) is 25.2 Å². The topological polar surface area (TPSA) is 65.1 Å². The van der Waals surface area contributed by atoms with Gasteiger partial charge >= 0.3 is 5.69 Å². The zero-order chi connectivity index (χ0) is 23.1. The van der Waals surface area contributed by atoms with Gasteiger partial charge in [-0.1, -0.05) is 49.4 Å². The number of hydrogen-bond donors (Lipinski definition) is 0. The Morgan fingerprint density at radius 2 is 1.79 bits per heavy atom. The van der Waals surface area contributed by atoms with Crippen LogP contribution in [0.5, 0.6) is 0 Å².